The van der Waals surface area contributed by atoms with Gasteiger partial charge in [0.2, 0.25) is 11.8 Å². The average molecular weight is 349 g/mol. The second kappa shape index (κ2) is 6.35. The summed E-state index contributed by atoms with van der Waals surface area (Å²) >= 11 is 1.66. The average Bonchev–Trinajstić information content (AvgIpc) is 3.06. The molecule has 0 unspecified atom stereocenters. The zero-order valence-electron chi connectivity index (χ0n) is 13.5. The van der Waals surface area contributed by atoms with Gasteiger partial charge in [0.25, 0.3) is 0 Å². The number of rotatable bonds is 3. The summed E-state index contributed by atoms with van der Waals surface area (Å²) in [7, 11) is 1.29. The molecule has 0 bridgehead atoms. The summed E-state index contributed by atoms with van der Waals surface area (Å²) in [5, 5.41) is 5.38. The van der Waals surface area contributed by atoms with Crippen molar-refractivity contribution in [1.29, 1.82) is 0 Å². The van der Waals surface area contributed by atoms with Crippen molar-refractivity contribution >= 4 is 41.0 Å². The second-order valence-electron chi connectivity index (χ2n) is 5.95. The minimum atomic E-state index is -0.554. The first-order chi connectivity index (χ1) is 11.4. The molecular weight excluding hydrogens is 330 g/mol. The van der Waals surface area contributed by atoms with E-state index in [2.05, 4.69) is 15.4 Å². The van der Waals surface area contributed by atoms with Crippen LogP contribution in [0, 0.1) is 0 Å². The van der Waals surface area contributed by atoms with E-state index >= 15 is 0 Å². The quantitative estimate of drug-likeness (QED) is 0.874. The molecule has 0 aliphatic carbocycles. The first kappa shape index (κ1) is 16.6. The molecule has 128 valence electrons. The molecule has 2 N–H and O–H groups in total. The predicted molar refractivity (Wildman–Crippen MR) is 91.8 cm³/mol. The van der Waals surface area contributed by atoms with Gasteiger partial charge in [0.1, 0.15) is 6.04 Å². The number of amides is 3. The highest BCUT2D eigenvalue weighted by atomic mass is 32.2. The summed E-state index contributed by atoms with van der Waals surface area (Å²) in [5.74, 6) is 0.464. The molecule has 2 aliphatic rings. The largest absolute Gasteiger partial charge is 0.453 e. The number of carbonyl (C=O) groups is 3. The Hall–Kier alpha value is -2.22. The molecule has 1 aromatic rings. The monoisotopic (exact) mass is 349 g/mol. The van der Waals surface area contributed by atoms with Crippen LogP contribution in [0.15, 0.2) is 24.3 Å². The molecule has 2 fully saturated rings. The van der Waals surface area contributed by atoms with Crippen LogP contribution in [0.4, 0.5) is 16.2 Å². The third kappa shape index (κ3) is 3.06. The lowest BCUT2D eigenvalue weighted by Crippen LogP contribution is -2.48. The Morgan fingerprint density at radius 2 is 1.88 bits per heavy atom. The summed E-state index contributed by atoms with van der Waals surface area (Å²) in [6.45, 7) is 2.02. The van der Waals surface area contributed by atoms with E-state index in [0.717, 1.165) is 6.42 Å². The van der Waals surface area contributed by atoms with E-state index in [9.17, 15) is 14.4 Å². The number of ether oxygens (including phenoxy) is 1. The van der Waals surface area contributed by atoms with Gasteiger partial charge in [0, 0.05) is 23.5 Å². The Kier molecular flexibility index (Phi) is 4.40. The fraction of sp³-hybridized carbons (Fsp3) is 0.438. The maximum Gasteiger partial charge on any atom is 0.411 e. The third-order valence-electron chi connectivity index (χ3n) is 4.33. The molecule has 0 aromatic heterocycles. The fourth-order valence-electron chi connectivity index (χ4n) is 3.05. The summed E-state index contributed by atoms with van der Waals surface area (Å²) < 4.78 is 4.52. The lowest BCUT2D eigenvalue weighted by atomic mass is 10.2. The van der Waals surface area contributed by atoms with Crippen LogP contribution in [0.1, 0.15) is 19.8 Å². The molecule has 0 radical (unpaired) electrons. The molecule has 2 aliphatic heterocycles. The Morgan fingerprint density at radius 1 is 1.25 bits per heavy atom. The van der Waals surface area contributed by atoms with Crippen molar-refractivity contribution in [2.45, 2.75) is 30.7 Å². The minimum Gasteiger partial charge on any atom is -0.453 e. The van der Waals surface area contributed by atoms with Gasteiger partial charge in [0.15, 0.2) is 0 Å². The maximum absolute atomic E-state index is 12.5. The van der Waals surface area contributed by atoms with Crippen LogP contribution in [-0.4, -0.2) is 46.6 Å². The van der Waals surface area contributed by atoms with Gasteiger partial charge in [-0.15, -0.1) is 11.8 Å². The number of thioether (sulfide) groups is 1. The lowest BCUT2D eigenvalue weighted by Gasteiger charge is -2.29. The number of nitrogens with one attached hydrogen (secondary N) is 2. The number of nitrogens with zero attached hydrogens (tertiary/aromatic N) is 1. The number of hydrogen-bond donors (Lipinski definition) is 2. The molecule has 24 heavy (non-hydrogen) atoms. The van der Waals surface area contributed by atoms with Crippen molar-refractivity contribution in [1.82, 2.24) is 4.90 Å². The van der Waals surface area contributed by atoms with Gasteiger partial charge >= 0.3 is 6.09 Å². The number of hydrogen-bond acceptors (Lipinski definition) is 5. The van der Waals surface area contributed by atoms with Crippen molar-refractivity contribution in [2.75, 3.05) is 23.5 Å². The Morgan fingerprint density at radius 3 is 2.50 bits per heavy atom. The minimum absolute atomic E-state index is 0.0419. The van der Waals surface area contributed by atoms with Gasteiger partial charge < -0.3 is 15.0 Å². The lowest BCUT2D eigenvalue weighted by molar-refractivity contribution is -0.135. The first-order valence-electron chi connectivity index (χ1n) is 7.65. The molecule has 0 spiro atoms. The molecule has 7 nitrogen and oxygen atoms in total. The van der Waals surface area contributed by atoms with E-state index in [4.69, 9.17) is 0 Å². The van der Waals surface area contributed by atoms with Crippen LogP contribution in [0.2, 0.25) is 0 Å². The Bertz CT molecular complexity index is 678. The molecule has 3 rings (SSSR count). The van der Waals surface area contributed by atoms with E-state index in [0.29, 0.717) is 23.5 Å². The number of carbonyl (C=O) groups excluding carboxylic acids is 3. The van der Waals surface area contributed by atoms with Crippen LogP contribution in [0.25, 0.3) is 0 Å². The van der Waals surface area contributed by atoms with Gasteiger partial charge in [-0.2, -0.15) is 0 Å². The van der Waals surface area contributed by atoms with Crippen LogP contribution >= 0.6 is 11.8 Å². The Balaban J connectivity index is 1.65. The summed E-state index contributed by atoms with van der Waals surface area (Å²) in [6, 6.07) is 6.28. The summed E-state index contributed by atoms with van der Waals surface area (Å²) in [5.41, 5.74) is 1.18. The molecule has 1 aromatic carbocycles. The normalized spacial score (nSPS) is 25.3. The third-order valence-corrected chi connectivity index (χ3v) is 5.84. The van der Waals surface area contributed by atoms with Gasteiger partial charge in [-0.3, -0.25) is 14.9 Å². The Labute approximate surface area is 144 Å². The summed E-state index contributed by atoms with van der Waals surface area (Å²) in [4.78, 5) is 37.2. The van der Waals surface area contributed by atoms with Crippen LogP contribution in [0.3, 0.4) is 0 Å². The zero-order chi connectivity index (χ0) is 17.3. The van der Waals surface area contributed by atoms with Crippen molar-refractivity contribution in [3.05, 3.63) is 24.3 Å². The smallest absolute Gasteiger partial charge is 0.411 e. The van der Waals surface area contributed by atoms with E-state index < -0.39 is 12.1 Å². The maximum atomic E-state index is 12.5. The number of benzene rings is 1. The van der Waals surface area contributed by atoms with E-state index in [1.165, 1.54) is 7.11 Å². The fourth-order valence-corrected chi connectivity index (χ4v) is 4.48. The van der Waals surface area contributed by atoms with Crippen LogP contribution in [-0.2, 0) is 14.3 Å². The van der Waals surface area contributed by atoms with Crippen molar-refractivity contribution < 1.29 is 19.1 Å². The highest BCUT2D eigenvalue weighted by molar-refractivity contribution is 8.01. The van der Waals surface area contributed by atoms with E-state index in [1.54, 1.807) is 40.9 Å². The van der Waals surface area contributed by atoms with E-state index in [1.807, 2.05) is 6.92 Å². The highest BCUT2D eigenvalue weighted by Crippen LogP contribution is 2.47. The van der Waals surface area contributed by atoms with Gasteiger partial charge in [0.05, 0.1) is 12.0 Å². The van der Waals surface area contributed by atoms with Crippen LogP contribution in [0.5, 0.6) is 0 Å². The summed E-state index contributed by atoms with van der Waals surface area (Å²) in [6.07, 6.45) is 0.733. The SMILES string of the molecule is COC(=O)Nc1ccc(NC(=O)[C@@H]2CS[C@]3(C)CCC(=O)N23)cc1. The molecule has 2 atom stereocenters. The number of anilines is 2. The van der Waals surface area contributed by atoms with Crippen molar-refractivity contribution in [2.24, 2.45) is 0 Å². The van der Waals surface area contributed by atoms with Gasteiger partial charge in [-0.05, 0) is 37.6 Å². The second-order valence-corrected chi connectivity index (χ2v) is 7.45. The molecule has 2 heterocycles. The zero-order valence-corrected chi connectivity index (χ0v) is 14.3. The van der Waals surface area contributed by atoms with E-state index in [-0.39, 0.29) is 16.7 Å². The van der Waals surface area contributed by atoms with Crippen molar-refractivity contribution in [3.8, 4) is 0 Å². The number of fused-ring (bicyclic) bond motifs is 1. The molecular formula is C16H19N3O4S. The van der Waals surface area contributed by atoms with Crippen molar-refractivity contribution in [3.63, 3.8) is 0 Å². The van der Waals surface area contributed by atoms with Crippen LogP contribution < -0.4 is 10.6 Å². The van der Waals surface area contributed by atoms with Gasteiger partial charge in [-0.1, -0.05) is 0 Å². The molecule has 3 amide bonds. The van der Waals surface area contributed by atoms with Gasteiger partial charge in [-0.25, -0.2) is 4.79 Å². The predicted octanol–water partition coefficient (Wildman–Crippen LogP) is 2.26. The molecule has 2 saturated heterocycles. The standard InChI is InChI=1S/C16H19N3O4S/c1-16-8-7-13(20)19(16)12(9-24-16)14(21)17-10-3-5-11(6-4-10)18-15(22)23-2/h3-6,12H,7-9H2,1-2H3,(H,17,21)(H,18,22)/t12-,16+/m0/s1. The molecule has 0 saturated carbocycles. The first-order valence-corrected chi connectivity index (χ1v) is 8.63. The molecule has 8 heteroatoms. The number of methoxy groups -OCH3 is 1. The topological polar surface area (TPSA) is 87.7 Å². The highest BCUT2D eigenvalue weighted by Gasteiger charge is 2.52.